The first kappa shape index (κ1) is 10.5. The second kappa shape index (κ2) is 3.29. The molecule has 0 amide bonds. The second-order valence-corrected chi connectivity index (χ2v) is 4.12. The van der Waals surface area contributed by atoms with Gasteiger partial charge in [-0.15, -0.1) is 0 Å². The fourth-order valence-corrected chi connectivity index (χ4v) is 1.03. The van der Waals surface area contributed by atoms with Crippen molar-refractivity contribution in [3.63, 3.8) is 0 Å². The number of hydrogen-bond donors (Lipinski definition) is 0. The number of aromatic nitrogens is 1. The molecule has 1 rings (SSSR count). The summed E-state index contributed by atoms with van der Waals surface area (Å²) in [5, 5.41) is 11.2. The number of carbonyl (C=O) groups excluding carboxylic acids is 1. The van der Waals surface area contributed by atoms with Gasteiger partial charge in [0.05, 0.1) is 5.69 Å². The van der Waals surface area contributed by atoms with Crippen LogP contribution in [0.15, 0.2) is 23.0 Å². The van der Waals surface area contributed by atoms with Crippen LogP contribution < -0.4 is 5.56 Å². The Kier molecular flexibility index (Phi) is 2.47. The summed E-state index contributed by atoms with van der Waals surface area (Å²) >= 11 is 0. The molecular formula is C10H12NO3-. The highest BCUT2D eigenvalue weighted by Gasteiger charge is 2.23. The molecule has 1 heterocycles. The van der Waals surface area contributed by atoms with Gasteiger partial charge in [-0.25, -0.2) is 0 Å². The Labute approximate surface area is 81.8 Å². The standard InChI is InChI=1S/C10H12NO3/c1-10(2,3)9(13)7-5-4-6-8(12)11(7)14/h4-6H,1-3H3/q-1. The molecule has 14 heavy (non-hydrogen) atoms. The average Bonchev–Trinajstić information content (AvgIpc) is 2.07. The summed E-state index contributed by atoms with van der Waals surface area (Å²) in [5.41, 5.74) is -1.45. The van der Waals surface area contributed by atoms with Gasteiger partial charge in [0.1, 0.15) is 0 Å². The molecule has 0 unspecified atom stereocenters. The normalized spacial score (nSPS) is 11.4. The molecule has 0 spiro atoms. The summed E-state index contributed by atoms with van der Waals surface area (Å²) in [5.74, 6) is -0.329. The summed E-state index contributed by atoms with van der Waals surface area (Å²) in [6.45, 7) is 5.10. The lowest BCUT2D eigenvalue weighted by Crippen LogP contribution is -2.28. The largest absolute Gasteiger partial charge is 0.803 e. The monoisotopic (exact) mass is 194 g/mol. The Balaban J connectivity index is 3.28. The van der Waals surface area contributed by atoms with Crippen LogP contribution in [0.2, 0.25) is 0 Å². The highest BCUT2D eigenvalue weighted by Crippen LogP contribution is 2.19. The molecule has 0 aromatic carbocycles. The minimum Gasteiger partial charge on any atom is -0.803 e. The maximum absolute atomic E-state index is 11.7. The fourth-order valence-electron chi connectivity index (χ4n) is 1.03. The lowest BCUT2D eigenvalue weighted by Gasteiger charge is -2.21. The maximum atomic E-state index is 11.7. The quantitative estimate of drug-likeness (QED) is 0.635. The SMILES string of the molecule is CC(C)(C)C(=O)c1cccc(=O)n1[O-]. The van der Waals surface area contributed by atoms with Crippen molar-refractivity contribution >= 4 is 5.78 Å². The van der Waals surface area contributed by atoms with Crippen LogP contribution in [0.25, 0.3) is 0 Å². The Bertz CT molecular complexity index is 412. The Hall–Kier alpha value is -1.58. The molecule has 0 saturated carbocycles. The van der Waals surface area contributed by atoms with Crippen molar-refractivity contribution in [2.75, 3.05) is 0 Å². The minimum absolute atomic E-state index is 0.0926. The van der Waals surface area contributed by atoms with Gasteiger partial charge < -0.3 is 9.94 Å². The van der Waals surface area contributed by atoms with Gasteiger partial charge in [0.25, 0.3) is 0 Å². The number of carbonyl (C=O) groups is 1. The summed E-state index contributed by atoms with van der Waals surface area (Å²) in [6.07, 6.45) is 0. The van der Waals surface area contributed by atoms with Crippen LogP contribution in [0, 0.1) is 10.6 Å². The molecule has 0 bridgehead atoms. The summed E-state index contributed by atoms with van der Waals surface area (Å²) < 4.78 is 0.133. The van der Waals surface area contributed by atoms with Crippen molar-refractivity contribution in [2.24, 2.45) is 5.41 Å². The topological polar surface area (TPSA) is 62.1 Å². The molecule has 0 aliphatic rings. The molecule has 0 N–H and O–H groups in total. The van der Waals surface area contributed by atoms with E-state index in [9.17, 15) is 14.8 Å². The number of hydrogen-bond acceptors (Lipinski definition) is 3. The van der Waals surface area contributed by atoms with Crippen LogP contribution in [0.3, 0.4) is 0 Å². The van der Waals surface area contributed by atoms with E-state index in [1.54, 1.807) is 20.8 Å². The molecule has 76 valence electrons. The zero-order valence-electron chi connectivity index (χ0n) is 8.40. The third-order valence-corrected chi connectivity index (χ3v) is 1.83. The van der Waals surface area contributed by atoms with Gasteiger partial charge >= 0.3 is 0 Å². The second-order valence-electron chi connectivity index (χ2n) is 4.12. The van der Waals surface area contributed by atoms with Crippen LogP contribution in [0.1, 0.15) is 31.3 Å². The molecule has 0 saturated heterocycles. The van der Waals surface area contributed by atoms with Crippen LogP contribution in [0.5, 0.6) is 0 Å². The van der Waals surface area contributed by atoms with Gasteiger partial charge in [-0.3, -0.25) is 9.59 Å². The highest BCUT2D eigenvalue weighted by molar-refractivity contribution is 5.98. The van der Waals surface area contributed by atoms with E-state index in [4.69, 9.17) is 0 Å². The fraction of sp³-hybridized carbons (Fsp3) is 0.400. The number of pyridine rings is 1. The Morgan fingerprint density at radius 3 is 2.43 bits per heavy atom. The predicted molar refractivity (Wildman–Crippen MR) is 53.3 cm³/mol. The van der Waals surface area contributed by atoms with Crippen LogP contribution in [-0.2, 0) is 0 Å². The van der Waals surface area contributed by atoms with Crippen molar-refractivity contribution in [3.8, 4) is 0 Å². The van der Waals surface area contributed by atoms with Crippen molar-refractivity contribution < 1.29 is 4.79 Å². The molecule has 0 atom stereocenters. The first-order chi connectivity index (χ1) is 6.34. The van der Waals surface area contributed by atoms with Gasteiger partial charge in [-0.1, -0.05) is 26.8 Å². The van der Waals surface area contributed by atoms with E-state index >= 15 is 0 Å². The molecule has 4 nitrogen and oxygen atoms in total. The molecule has 0 fully saturated rings. The first-order valence-electron chi connectivity index (χ1n) is 4.28. The number of Topliss-reactive ketones (excluding diaryl/α,β-unsaturated/α-hetero) is 1. The van der Waals surface area contributed by atoms with Crippen LogP contribution in [-0.4, -0.2) is 10.5 Å². The van der Waals surface area contributed by atoms with Gasteiger partial charge in [0, 0.05) is 11.5 Å². The lowest BCUT2D eigenvalue weighted by molar-refractivity contribution is 0.0849. The van der Waals surface area contributed by atoms with E-state index in [0.29, 0.717) is 0 Å². The predicted octanol–water partition coefficient (Wildman–Crippen LogP) is 1.42. The first-order valence-corrected chi connectivity index (χ1v) is 4.28. The van der Waals surface area contributed by atoms with E-state index in [2.05, 4.69) is 0 Å². The summed E-state index contributed by atoms with van der Waals surface area (Å²) in [4.78, 5) is 22.6. The van der Waals surface area contributed by atoms with E-state index in [1.807, 2.05) is 0 Å². The Morgan fingerprint density at radius 2 is 1.93 bits per heavy atom. The zero-order valence-corrected chi connectivity index (χ0v) is 8.40. The van der Waals surface area contributed by atoms with Gasteiger partial charge in [-0.05, 0) is 6.07 Å². The summed E-state index contributed by atoms with van der Waals surface area (Å²) in [7, 11) is 0. The van der Waals surface area contributed by atoms with E-state index in [-0.39, 0.29) is 16.2 Å². The smallest absolute Gasteiger partial charge is 0.246 e. The molecule has 1 aromatic rings. The number of ketones is 1. The third kappa shape index (κ3) is 1.84. The molecule has 1 aromatic heterocycles. The van der Waals surface area contributed by atoms with Crippen LogP contribution in [0.4, 0.5) is 0 Å². The van der Waals surface area contributed by atoms with Gasteiger partial charge in [0.2, 0.25) is 5.56 Å². The lowest BCUT2D eigenvalue weighted by atomic mass is 9.89. The van der Waals surface area contributed by atoms with E-state index < -0.39 is 11.0 Å². The van der Waals surface area contributed by atoms with Gasteiger partial charge in [-0.2, -0.15) is 0 Å². The Morgan fingerprint density at radius 1 is 1.36 bits per heavy atom. The number of nitrogens with zero attached hydrogens (tertiary/aromatic N) is 1. The van der Waals surface area contributed by atoms with Crippen molar-refractivity contribution in [2.45, 2.75) is 20.8 Å². The maximum Gasteiger partial charge on any atom is 0.246 e. The average molecular weight is 194 g/mol. The molecule has 0 radical (unpaired) electrons. The van der Waals surface area contributed by atoms with Crippen molar-refractivity contribution in [3.05, 3.63) is 39.5 Å². The molecule has 4 heteroatoms. The van der Waals surface area contributed by atoms with E-state index in [1.165, 1.54) is 12.1 Å². The van der Waals surface area contributed by atoms with Crippen molar-refractivity contribution in [1.29, 1.82) is 0 Å². The number of rotatable bonds is 1. The summed E-state index contributed by atoms with van der Waals surface area (Å²) in [6, 6.07) is 3.91. The third-order valence-electron chi connectivity index (χ3n) is 1.83. The van der Waals surface area contributed by atoms with Crippen LogP contribution >= 0.6 is 0 Å². The zero-order chi connectivity index (χ0) is 10.9. The minimum atomic E-state index is -0.708. The molecule has 0 aliphatic carbocycles. The molecular weight excluding hydrogens is 182 g/mol. The van der Waals surface area contributed by atoms with Crippen molar-refractivity contribution in [1.82, 2.24) is 4.73 Å². The molecule has 0 aliphatic heterocycles. The highest BCUT2D eigenvalue weighted by atomic mass is 16.5. The van der Waals surface area contributed by atoms with E-state index in [0.717, 1.165) is 6.07 Å². The van der Waals surface area contributed by atoms with Gasteiger partial charge in [0.15, 0.2) is 5.78 Å².